The van der Waals surface area contributed by atoms with Crippen LogP contribution < -0.4 is 16.4 Å². The number of rotatable bonds is 6. The molecule has 0 heterocycles. The van der Waals surface area contributed by atoms with Gasteiger partial charge in [0.1, 0.15) is 6.04 Å². The first-order valence-electron chi connectivity index (χ1n) is 7.48. The van der Waals surface area contributed by atoms with E-state index in [1.54, 1.807) is 0 Å². The Morgan fingerprint density at radius 2 is 1.68 bits per heavy atom. The van der Waals surface area contributed by atoms with E-state index in [9.17, 15) is 9.59 Å². The molecule has 6 N–H and O–H groups in total. The number of carbonyl (C=O) groups excluding carboxylic acids is 2. The van der Waals surface area contributed by atoms with Gasteiger partial charge in [-0.2, -0.15) is 0 Å². The van der Waals surface area contributed by atoms with Gasteiger partial charge in [0.05, 0.1) is 0 Å². The third-order valence-electron chi connectivity index (χ3n) is 3.44. The minimum absolute atomic E-state index is 0. The zero-order valence-electron chi connectivity index (χ0n) is 14.0. The second-order valence-corrected chi connectivity index (χ2v) is 5.29. The molecule has 0 fully saturated rings. The summed E-state index contributed by atoms with van der Waals surface area (Å²) in [6.45, 7) is 2.24. The number of nitrogens with two attached hydrogens (primary N) is 1. The molecule has 1 atom stereocenters. The van der Waals surface area contributed by atoms with Crippen molar-refractivity contribution in [1.82, 2.24) is 10.6 Å². The van der Waals surface area contributed by atoms with Crippen LogP contribution in [0, 0.1) is 0 Å². The molecule has 0 saturated heterocycles. The maximum absolute atomic E-state index is 12.5. The molecule has 2 rings (SSSR count). The molecule has 2 amide bonds. The molecule has 6 nitrogen and oxygen atoms in total. The van der Waals surface area contributed by atoms with E-state index in [0.29, 0.717) is 13.1 Å². The van der Waals surface area contributed by atoms with Gasteiger partial charge in [-0.05, 0) is 16.7 Å². The monoisotopic (exact) mass is 380 g/mol. The van der Waals surface area contributed by atoms with Crippen LogP contribution in [0.25, 0.3) is 0 Å². The van der Waals surface area contributed by atoms with E-state index >= 15 is 0 Å². The van der Waals surface area contributed by atoms with E-state index in [-0.39, 0.29) is 35.8 Å². The van der Waals surface area contributed by atoms with Crippen LogP contribution in [0.5, 0.6) is 0 Å². The first-order chi connectivity index (χ1) is 11.1. The van der Waals surface area contributed by atoms with Gasteiger partial charge in [-0.25, -0.2) is 0 Å². The van der Waals surface area contributed by atoms with E-state index in [4.69, 9.17) is 5.73 Å². The molecule has 0 aliphatic heterocycles. The van der Waals surface area contributed by atoms with Crippen molar-refractivity contribution < 1.29 is 33.6 Å². The largest absolute Gasteiger partial charge is 0.412 e. The van der Waals surface area contributed by atoms with Gasteiger partial charge >= 0.3 is 0 Å². The molecule has 0 unspecified atom stereocenters. The molecule has 2 aromatic rings. The van der Waals surface area contributed by atoms with E-state index < -0.39 is 6.04 Å². The molecule has 0 aromatic heterocycles. The van der Waals surface area contributed by atoms with Crippen molar-refractivity contribution in [3.05, 3.63) is 71.3 Å². The van der Waals surface area contributed by atoms with Crippen molar-refractivity contribution in [1.29, 1.82) is 0 Å². The summed E-state index contributed by atoms with van der Waals surface area (Å²) in [5.74, 6) is -0.497. The fraction of sp³-hybridized carbons (Fsp3) is 0.222. The van der Waals surface area contributed by atoms with Crippen LogP contribution in [0.4, 0.5) is 0 Å². The number of nitrogens with one attached hydrogen (secondary N) is 2. The Morgan fingerprint density at radius 1 is 1.04 bits per heavy atom. The predicted molar refractivity (Wildman–Crippen MR) is 92.8 cm³/mol. The topological polar surface area (TPSA) is 116 Å². The molecule has 1 radical (unpaired) electrons. The summed E-state index contributed by atoms with van der Waals surface area (Å²) in [6.07, 6.45) is 0. The van der Waals surface area contributed by atoms with Crippen molar-refractivity contribution in [2.24, 2.45) is 5.73 Å². The van der Waals surface area contributed by atoms with Crippen LogP contribution in [0.2, 0.25) is 0 Å². The molecule has 0 saturated carbocycles. The molecule has 133 valence electrons. The average molecular weight is 380 g/mol. The molecule has 0 spiro atoms. The Bertz CT molecular complexity index is 680. The third-order valence-corrected chi connectivity index (χ3v) is 3.44. The summed E-state index contributed by atoms with van der Waals surface area (Å²) in [4.78, 5) is 23.8. The predicted octanol–water partition coefficient (Wildman–Crippen LogP) is 0.812. The molecular weight excluding hydrogens is 357 g/mol. The zero-order chi connectivity index (χ0) is 16.7. The Morgan fingerprint density at radius 3 is 2.28 bits per heavy atom. The van der Waals surface area contributed by atoms with Crippen LogP contribution in [-0.4, -0.2) is 17.3 Å². The zero-order valence-corrected chi connectivity index (χ0v) is 15.4. The summed E-state index contributed by atoms with van der Waals surface area (Å²) in [7, 11) is 0. The van der Waals surface area contributed by atoms with Gasteiger partial charge in [-0.15, -0.1) is 0 Å². The smallest absolute Gasteiger partial charge is 0.247 e. The second kappa shape index (κ2) is 11.4. The maximum Gasteiger partial charge on any atom is 0.247 e. The van der Waals surface area contributed by atoms with Crippen LogP contribution in [0.15, 0.2) is 54.6 Å². The summed E-state index contributed by atoms with van der Waals surface area (Å²) < 4.78 is 0. The van der Waals surface area contributed by atoms with Crippen LogP contribution in [-0.2, 0) is 41.2 Å². The Labute approximate surface area is 159 Å². The van der Waals surface area contributed by atoms with Crippen molar-refractivity contribution in [2.45, 2.75) is 26.1 Å². The minimum Gasteiger partial charge on any atom is -0.412 e. The van der Waals surface area contributed by atoms with Crippen LogP contribution in [0.3, 0.4) is 0 Å². The average Bonchev–Trinajstić information content (AvgIpc) is 2.58. The molecule has 0 aliphatic rings. The maximum atomic E-state index is 12.5. The van der Waals surface area contributed by atoms with Gasteiger partial charge in [0, 0.05) is 38.6 Å². The number of carbonyl (C=O) groups is 2. The molecule has 0 bridgehead atoms. The van der Waals surface area contributed by atoms with Crippen LogP contribution in [0.1, 0.15) is 29.7 Å². The second-order valence-electron chi connectivity index (χ2n) is 5.29. The van der Waals surface area contributed by atoms with E-state index in [1.807, 2.05) is 54.6 Å². The van der Waals surface area contributed by atoms with Crippen molar-refractivity contribution >= 4 is 11.8 Å². The SMILES string of the molecule is CC(=O)N[C@@H](C(=O)NCc1cccc(CN)c1)c1ccccc1.O.[V]. The van der Waals surface area contributed by atoms with Crippen molar-refractivity contribution in [3.63, 3.8) is 0 Å². The number of hydrogen-bond acceptors (Lipinski definition) is 3. The third kappa shape index (κ3) is 7.11. The normalized spacial score (nSPS) is 10.6. The van der Waals surface area contributed by atoms with Gasteiger partial charge in [0.25, 0.3) is 0 Å². The van der Waals surface area contributed by atoms with Crippen molar-refractivity contribution in [2.75, 3.05) is 0 Å². The molecule has 0 aliphatic carbocycles. The summed E-state index contributed by atoms with van der Waals surface area (Å²) in [6, 6.07) is 16.2. The first kappa shape index (κ1) is 22.9. The fourth-order valence-electron chi connectivity index (χ4n) is 2.31. The summed E-state index contributed by atoms with van der Waals surface area (Å²) >= 11 is 0. The Kier molecular flexibility index (Phi) is 10.5. The van der Waals surface area contributed by atoms with Crippen LogP contribution >= 0.6 is 0 Å². The first-order valence-corrected chi connectivity index (χ1v) is 7.48. The molecular formula is C18H23N3O3V. The summed E-state index contributed by atoms with van der Waals surface area (Å²) in [5.41, 5.74) is 8.35. The number of benzene rings is 2. The molecule has 25 heavy (non-hydrogen) atoms. The minimum atomic E-state index is -0.702. The van der Waals surface area contributed by atoms with Gasteiger partial charge in [0.15, 0.2) is 0 Å². The van der Waals surface area contributed by atoms with Gasteiger partial charge in [-0.1, -0.05) is 54.6 Å². The Balaban J connectivity index is 0.00000288. The molecule has 2 aromatic carbocycles. The van der Waals surface area contributed by atoms with Gasteiger partial charge in [0.2, 0.25) is 11.8 Å². The summed E-state index contributed by atoms with van der Waals surface area (Å²) in [5, 5.41) is 5.54. The van der Waals surface area contributed by atoms with E-state index in [1.165, 1.54) is 6.92 Å². The quantitative estimate of drug-likeness (QED) is 0.689. The van der Waals surface area contributed by atoms with Crippen molar-refractivity contribution in [3.8, 4) is 0 Å². The number of amides is 2. The molecule has 7 heteroatoms. The Hall–Kier alpha value is -2.12. The number of hydrogen-bond donors (Lipinski definition) is 3. The van der Waals surface area contributed by atoms with E-state index in [0.717, 1.165) is 16.7 Å². The van der Waals surface area contributed by atoms with E-state index in [2.05, 4.69) is 10.6 Å². The fourth-order valence-corrected chi connectivity index (χ4v) is 2.31. The van der Waals surface area contributed by atoms with Gasteiger partial charge in [-0.3, -0.25) is 9.59 Å². The van der Waals surface area contributed by atoms with Gasteiger partial charge < -0.3 is 21.8 Å². The standard InChI is InChI=1S/C18H21N3O2.H2O.V/c1-13(22)21-17(16-8-3-2-4-9-16)18(23)20-12-15-7-5-6-14(10-15)11-19;;/h2-10,17H,11-12,19H2,1H3,(H,20,23)(H,21,22);1H2;/t17-;;/m1../s1.